The molecule has 0 bridgehead atoms. The molecule has 0 spiro atoms. The number of carbonyl (C=O) groups excluding carboxylic acids is 2. The van der Waals surface area contributed by atoms with Crippen LogP contribution < -0.4 is 5.32 Å². The Labute approximate surface area is 228 Å². The van der Waals surface area contributed by atoms with Gasteiger partial charge in [0, 0.05) is 28.6 Å². The molecule has 5 rings (SSSR count). The zero-order chi connectivity index (χ0) is 27.4. The van der Waals surface area contributed by atoms with Gasteiger partial charge in [0.05, 0.1) is 32.4 Å². The number of carbonyl (C=O) groups is 2. The molecular weight excluding hydrogens is 518 g/mol. The summed E-state index contributed by atoms with van der Waals surface area (Å²) in [5.74, 6) is -1.39. The third kappa shape index (κ3) is 5.61. The predicted molar refractivity (Wildman–Crippen MR) is 149 cm³/mol. The number of nitro benzene ring substituents is 1. The first-order valence-electron chi connectivity index (χ1n) is 11.9. The van der Waals surface area contributed by atoms with Gasteiger partial charge in [-0.3, -0.25) is 14.9 Å². The van der Waals surface area contributed by atoms with Crippen LogP contribution in [-0.4, -0.2) is 21.8 Å². The second-order valence-corrected chi connectivity index (χ2v) is 8.95. The van der Waals surface area contributed by atoms with Gasteiger partial charge in [-0.2, -0.15) is 0 Å². The Hall–Kier alpha value is -5.08. The third-order valence-corrected chi connectivity index (χ3v) is 6.31. The number of pyridine rings is 1. The number of fused-ring (bicyclic) bond motifs is 1. The van der Waals surface area contributed by atoms with E-state index in [-0.39, 0.29) is 22.0 Å². The molecule has 0 radical (unpaired) electrons. The molecule has 1 heterocycles. The molecule has 0 saturated carbocycles. The highest BCUT2D eigenvalue weighted by Crippen LogP contribution is 2.30. The van der Waals surface area contributed by atoms with Crippen LogP contribution in [0.1, 0.15) is 22.0 Å². The summed E-state index contributed by atoms with van der Waals surface area (Å²) in [4.78, 5) is 42.2. The maximum atomic E-state index is 13.6. The third-order valence-electron chi connectivity index (χ3n) is 5.99. The SMILES string of the molecule is O=C(OC(C(=O)Nc1ccc([N+](=O)[O-])cc1Cl)c1ccccc1)c1cc(-c2ccccc2)nc2ccccc12. The molecule has 9 heteroatoms. The Morgan fingerprint density at radius 2 is 1.54 bits per heavy atom. The van der Waals surface area contributed by atoms with Crippen LogP contribution in [0, 0.1) is 10.1 Å². The van der Waals surface area contributed by atoms with E-state index < -0.39 is 22.9 Å². The number of nitrogens with zero attached hydrogens (tertiary/aromatic N) is 2. The highest BCUT2D eigenvalue weighted by Gasteiger charge is 2.28. The number of anilines is 1. The van der Waals surface area contributed by atoms with Crippen molar-refractivity contribution in [1.29, 1.82) is 0 Å². The van der Waals surface area contributed by atoms with Gasteiger partial charge in [0.25, 0.3) is 11.6 Å². The summed E-state index contributed by atoms with van der Waals surface area (Å²) in [6.45, 7) is 0. The standard InChI is InChI=1S/C30H20ClN3O5/c31-24-17-21(34(37)38)15-16-26(24)33-29(35)28(20-11-5-2-6-12-20)39-30(36)23-18-27(19-9-3-1-4-10-19)32-25-14-8-7-13-22(23)25/h1-18,28H,(H,33,35). The molecule has 1 amide bonds. The Morgan fingerprint density at radius 3 is 2.23 bits per heavy atom. The minimum atomic E-state index is -1.34. The minimum absolute atomic E-state index is 0.0247. The van der Waals surface area contributed by atoms with Crippen molar-refractivity contribution in [1.82, 2.24) is 4.98 Å². The number of benzene rings is 4. The van der Waals surface area contributed by atoms with Gasteiger partial charge in [0.15, 0.2) is 0 Å². The maximum absolute atomic E-state index is 13.6. The monoisotopic (exact) mass is 537 g/mol. The van der Waals surface area contributed by atoms with Gasteiger partial charge in [-0.05, 0) is 18.2 Å². The molecule has 39 heavy (non-hydrogen) atoms. The van der Waals surface area contributed by atoms with Gasteiger partial charge >= 0.3 is 5.97 Å². The Balaban J connectivity index is 1.50. The van der Waals surface area contributed by atoms with E-state index in [4.69, 9.17) is 21.3 Å². The molecule has 1 atom stereocenters. The van der Waals surface area contributed by atoms with Crippen molar-refractivity contribution >= 4 is 45.8 Å². The van der Waals surface area contributed by atoms with Crippen LogP contribution in [0.4, 0.5) is 11.4 Å². The van der Waals surface area contributed by atoms with Crippen LogP contribution in [0.3, 0.4) is 0 Å². The zero-order valence-electron chi connectivity index (χ0n) is 20.3. The molecule has 0 aliphatic carbocycles. The normalized spacial score (nSPS) is 11.5. The number of nitro groups is 1. The van der Waals surface area contributed by atoms with Crippen LogP contribution in [0.15, 0.2) is 109 Å². The second kappa shape index (κ2) is 11.1. The average Bonchev–Trinajstić information content (AvgIpc) is 2.97. The largest absolute Gasteiger partial charge is 0.444 e. The van der Waals surface area contributed by atoms with Crippen LogP contribution in [0.25, 0.3) is 22.2 Å². The van der Waals surface area contributed by atoms with Gasteiger partial charge in [-0.25, -0.2) is 9.78 Å². The number of esters is 1. The van der Waals surface area contributed by atoms with Crippen molar-refractivity contribution in [3.8, 4) is 11.3 Å². The maximum Gasteiger partial charge on any atom is 0.340 e. The van der Waals surface area contributed by atoms with Crippen molar-refractivity contribution in [2.24, 2.45) is 0 Å². The van der Waals surface area contributed by atoms with Crippen LogP contribution >= 0.6 is 11.6 Å². The number of para-hydroxylation sites is 1. The van der Waals surface area contributed by atoms with Crippen molar-refractivity contribution in [2.45, 2.75) is 6.10 Å². The van der Waals surface area contributed by atoms with E-state index in [1.807, 2.05) is 36.4 Å². The molecule has 1 unspecified atom stereocenters. The van der Waals surface area contributed by atoms with E-state index in [0.29, 0.717) is 22.2 Å². The lowest BCUT2D eigenvalue weighted by Crippen LogP contribution is -2.26. The minimum Gasteiger partial charge on any atom is -0.444 e. The summed E-state index contributed by atoms with van der Waals surface area (Å²) in [6, 6.07) is 30.5. The average molecular weight is 538 g/mol. The van der Waals surface area contributed by atoms with Gasteiger partial charge in [-0.15, -0.1) is 0 Å². The molecule has 4 aromatic carbocycles. The van der Waals surface area contributed by atoms with Crippen LogP contribution in [-0.2, 0) is 9.53 Å². The quantitative estimate of drug-likeness (QED) is 0.136. The Morgan fingerprint density at radius 1 is 0.872 bits per heavy atom. The van der Waals surface area contributed by atoms with Gasteiger partial charge in [0.2, 0.25) is 6.10 Å². The summed E-state index contributed by atoms with van der Waals surface area (Å²) < 4.78 is 5.83. The number of nitrogens with one attached hydrogen (secondary N) is 1. The Kier molecular flexibility index (Phi) is 7.29. The summed E-state index contributed by atoms with van der Waals surface area (Å²) in [5, 5.41) is 14.2. The molecule has 8 nitrogen and oxygen atoms in total. The predicted octanol–water partition coefficient (Wildman–Crippen LogP) is 7.00. The molecule has 0 saturated heterocycles. The first-order chi connectivity index (χ1) is 18.9. The highest BCUT2D eigenvalue weighted by atomic mass is 35.5. The van der Waals surface area contributed by atoms with Crippen molar-refractivity contribution in [2.75, 3.05) is 5.32 Å². The zero-order valence-corrected chi connectivity index (χ0v) is 21.0. The smallest absolute Gasteiger partial charge is 0.340 e. The fourth-order valence-corrected chi connectivity index (χ4v) is 4.31. The first-order valence-corrected chi connectivity index (χ1v) is 12.2. The number of non-ortho nitro benzene ring substituents is 1. The molecule has 1 aromatic heterocycles. The topological polar surface area (TPSA) is 111 Å². The number of rotatable bonds is 7. The summed E-state index contributed by atoms with van der Waals surface area (Å²) in [6.07, 6.45) is -1.34. The van der Waals surface area contributed by atoms with E-state index >= 15 is 0 Å². The van der Waals surface area contributed by atoms with E-state index in [2.05, 4.69) is 5.32 Å². The first kappa shape index (κ1) is 25.6. The number of halogens is 1. The molecule has 0 aliphatic heterocycles. The molecular formula is C30H20ClN3O5. The van der Waals surface area contributed by atoms with Crippen LogP contribution in [0.2, 0.25) is 5.02 Å². The highest BCUT2D eigenvalue weighted by molar-refractivity contribution is 6.34. The van der Waals surface area contributed by atoms with Crippen molar-refractivity contribution in [3.05, 3.63) is 135 Å². The molecule has 0 aliphatic rings. The molecule has 1 N–H and O–H groups in total. The fraction of sp³-hybridized carbons (Fsp3) is 0.0333. The van der Waals surface area contributed by atoms with Crippen LogP contribution in [0.5, 0.6) is 0 Å². The van der Waals surface area contributed by atoms with Gasteiger partial charge in [0.1, 0.15) is 0 Å². The summed E-state index contributed by atoms with van der Waals surface area (Å²) in [7, 11) is 0. The second-order valence-electron chi connectivity index (χ2n) is 8.54. The lowest BCUT2D eigenvalue weighted by atomic mass is 10.0. The number of aromatic nitrogens is 1. The van der Waals surface area contributed by atoms with E-state index in [1.165, 1.54) is 12.1 Å². The fourth-order valence-electron chi connectivity index (χ4n) is 4.09. The summed E-state index contributed by atoms with van der Waals surface area (Å²) in [5.41, 5.74) is 2.61. The summed E-state index contributed by atoms with van der Waals surface area (Å²) >= 11 is 6.18. The van der Waals surface area contributed by atoms with E-state index in [9.17, 15) is 19.7 Å². The number of amides is 1. The number of hydrogen-bond acceptors (Lipinski definition) is 6. The lowest BCUT2D eigenvalue weighted by molar-refractivity contribution is -0.384. The lowest BCUT2D eigenvalue weighted by Gasteiger charge is -2.19. The number of ether oxygens (including phenoxy) is 1. The molecule has 0 fully saturated rings. The van der Waals surface area contributed by atoms with Crippen molar-refractivity contribution < 1.29 is 19.2 Å². The number of hydrogen-bond donors (Lipinski definition) is 1. The van der Waals surface area contributed by atoms with E-state index in [1.54, 1.807) is 54.6 Å². The molecule has 5 aromatic rings. The van der Waals surface area contributed by atoms with Gasteiger partial charge in [-0.1, -0.05) is 90.5 Å². The Bertz CT molecular complexity index is 1690. The van der Waals surface area contributed by atoms with Crippen molar-refractivity contribution in [3.63, 3.8) is 0 Å². The van der Waals surface area contributed by atoms with Gasteiger partial charge < -0.3 is 10.1 Å². The van der Waals surface area contributed by atoms with E-state index in [0.717, 1.165) is 11.6 Å². The molecule has 192 valence electrons.